The first-order chi connectivity index (χ1) is 45.7. The molecule has 0 aliphatic rings. The Morgan fingerprint density at radius 3 is 0.839 bits per heavy atom. The highest BCUT2D eigenvalue weighted by Gasteiger charge is 2.31. The van der Waals surface area contributed by atoms with Crippen molar-refractivity contribution >= 4 is 43.6 Å². The van der Waals surface area contributed by atoms with Crippen molar-refractivity contribution in [2.24, 2.45) is 0 Å². The van der Waals surface area contributed by atoms with Crippen molar-refractivity contribution in [2.45, 2.75) is 0 Å². The highest BCUT2D eigenvalue weighted by Crippen LogP contribution is 2.47. The number of hydrogen-bond acceptors (Lipinski definition) is 5. The number of pyridine rings is 4. The standard InChI is InChI=1S/C81H46F5N7/c82-73-72(74(83)76(85)77(86)75(73)84)65-46-71(93-68-43-54(59-27-15-39-90-80(59)50-21-9-3-10-22-50)31-35-63(68)64-36-32-55(44-69(64)93)60-28-16-40-91-81(60)51-23-11-4-12-24-51)70(45-56(65)47-87)92-66-41-52(57-25-13-37-88-78(57)48-17-5-1-6-18-48)29-33-61(66)62-34-30-53(42-67(62)92)58-26-14-38-89-79(58)49-19-7-2-8-20-49/h1-46H. The minimum absolute atomic E-state index is 0.221. The fourth-order valence-electron chi connectivity index (χ4n) is 13.2. The van der Waals surface area contributed by atoms with E-state index in [1.54, 1.807) is 24.8 Å². The van der Waals surface area contributed by atoms with E-state index in [1.165, 1.54) is 12.1 Å². The predicted molar refractivity (Wildman–Crippen MR) is 360 cm³/mol. The van der Waals surface area contributed by atoms with Gasteiger partial charge in [0.05, 0.1) is 73.4 Å². The molecule has 7 nitrogen and oxygen atoms in total. The quantitative estimate of drug-likeness (QED) is 0.0732. The van der Waals surface area contributed by atoms with E-state index in [2.05, 4.69) is 18.2 Å². The molecule has 0 fully saturated rings. The highest BCUT2D eigenvalue weighted by molar-refractivity contribution is 6.14. The molecule has 93 heavy (non-hydrogen) atoms. The van der Waals surface area contributed by atoms with E-state index in [1.807, 2.05) is 240 Å². The van der Waals surface area contributed by atoms with E-state index >= 15 is 22.0 Å². The molecular formula is C81H46F5N7. The summed E-state index contributed by atoms with van der Waals surface area (Å²) in [5.74, 6) is -10.8. The maximum Gasteiger partial charge on any atom is 0.200 e. The Morgan fingerprint density at radius 1 is 0.269 bits per heavy atom. The molecule has 0 N–H and O–H groups in total. The summed E-state index contributed by atoms with van der Waals surface area (Å²) in [5, 5.41) is 14.6. The zero-order valence-corrected chi connectivity index (χ0v) is 49.1. The number of nitriles is 1. The first kappa shape index (κ1) is 55.8. The second-order valence-corrected chi connectivity index (χ2v) is 22.6. The smallest absolute Gasteiger partial charge is 0.200 e. The molecule has 0 amide bonds. The Morgan fingerprint density at radius 2 is 0.548 bits per heavy atom. The SMILES string of the molecule is N#Cc1cc(-n2c3cc(-c4cccnc4-c4ccccc4)ccc3c3ccc(-c4cccnc4-c4ccccc4)cc32)c(-n2c3cc(-c4cccnc4-c4ccccc4)ccc3c3ccc(-c4cccnc4-c4ccccc4)cc32)cc1-c1c(F)c(F)c(F)c(F)c1F. The van der Waals surface area contributed by atoms with Gasteiger partial charge in [0, 0.05) is 96.4 Å². The molecule has 0 radical (unpaired) electrons. The Hall–Kier alpha value is -12.5. The number of aromatic nitrogens is 6. The van der Waals surface area contributed by atoms with E-state index in [9.17, 15) is 5.26 Å². The fraction of sp³-hybridized carbons (Fsp3) is 0. The molecule has 0 unspecified atom stereocenters. The van der Waals surface area contributed by atoms with Crippen LogP contribution in [0, 0.1) is 40.4 Å². The Bertz CT molecular complexity index is 5400. The summed E-state index contributed by atoms with van der Waals surface area (Å²) in [7, 11) is 0. The van der Waals surface area contributed by atoms with Crippen molar-refractivity contribution < 1.29 is 22.0 Å². The van der Waals surface area contributed by atoms with Gasteiger partial charge in [0.1, 0.15) is 0 Å². The first-order valence-corrected chi connectivity index (χ1v) is 30.0. The van der Waals surface area contributed by atoms with E-state index in [-0.39, 0.29) is 11.3 Å². The average Bonchev–Trinajstić information content (AvgIpc) is 1.60. The maximum absolute atomic E-state index is 16.9. The van der Waals surface area contributed by atoms with Crippen molar-refractivity contribution in [3.8, 4) is 118 Å². The Balaban J connectivity index is 1.07. The van der Waals surface area contributed by atoms with Gasteiger partial charge in [-0.3, -0.25) is 19.9 Å². The van der Waals surface area contributed by atoms with Crippen molar-refractivity contribution in [1.29, 1.82) is 5.26 Å². The molecule has 0 spiro atoms. The van der Waals surface area contributed by atoms with Crippen LogP contribution >= 0.6 is 0 Å². The molecule has 16 rings (SSSR count). The maximum atomic E-state index is 16.9. The molecule has 16 aromatic rings. The molecule has 0 saturated heterocycles. The van der Waals surface area contributed by atoms with Crippen molar-refractivity contribution in [1.82, 2.24) is 29.1 Å². The molecule has 0 saturated carbocycles. The Labute approximate surface area is 529 Å². The van der Waals surface area contributed by atoms with E-state index < -0.39 is 40.2 Å². The summed E-state index contributed by atoms with van der Waals surface area (Å²) < 4.78 is 84.7. The minimum atomic E-state index is -2.33. The summed E-state index contributed by atoms with van der Waals surface area (Å²) >= 11 is 0. The van der Waals surface area contributed by atoms with Crippen LogP contribution in [-0.4, -0.2) is 29.1 Å². The van der Waals surface area contributed by atoms with Gasteiger partial charge >= 0.3 is 0 Å². The first-order valence-electron chi connectivity index (χ1n) is 30.0. The van der Waals surface area contributed by atoms with Crippen molar-refractivity contribution in [3.63, 3.8) is 0 Å². The van der Waals surface area contributed by atoms with Gasteiger partial charge in [0.25, 0.3) is 0 Å². The van der Waals surface area contributed by atoms with Crippen LogP contribution < -0.4 is 0 Å². The van der Waals surface area contributed by atoms with Gasteiger partial charge in [0.2, 0.25) is 5.82 Å². The van der Waals surface area contributed by atoms with Gasteiger partial charge in [-0.1, -0.05) is 194 Å². The topological polar surface area (TPSA) is 85.2 Å². The van der Waals surface area contributed by atoms with Crippen molar-refractivity contribution in [2.75, 3.05) is 0 Å². The highest BCUT2D eigenvalue weighted by atomic mass is 19.2. The van der Waals surface area contributed by atoms with Crippen LogP contribution in [0.3, 0.4) is 0 Å². The largest absolute Gasteiger partial charge is 0.307 e. The predicted octanol–water partition coefficient (Wildman–Crippen LogP) is 21.0. The number of benzene rings is 10. The number of fused-ring (bicyclic) bond motifs is 6. The number of nitrogens with zero attached hydrogens (tertiary/aromatic N) is 7. The Kier molecular flexibility index (Phi) is 13.7. The third-order valence-corrected chi connectivity index (χ3v) is 17.4. The molecule has 0 aliphatic carbocycles. The summed E-state index contributed by atoms with van der Waals surface area (Å²) in [5.41, 5.74) is 13.6. The number of hydrogen-bond donors (Lipinski definition) is 0. The average molecular weight is 1210 g/mol. The summed E-state index contributed by atoms with van der Waals surface area (Å²) in [6.45, 7) is 0. The summed E-state index contributed by atoms with van der Waals surface area (Å²) in [6.07, 6.45) is 6.99. The van der Waals surface area contributed by atoms with Crippen LogP contribution in [0.2, 0.25) is 0 Å². The van der Waals surface area contributed by atoms with Crippen LogP contribution in [0.1, 0.15) is 5.56 Å². The molecule has 6 aromatic heterocycles. The van der Waals surface area contributed by atoms with Gasteiger partial charge in [-0.2, -0.15) is 5.26 Å². The molecule has 440 valence electrons. The van der Waals surface area contributed by atoms with E-state index in [4.69, 9.17) is 19.9 Å². The van der Waals surface area contributed by atoms with Crippen LogP contribution in [-0.2, 0) is 0 Å². The molecular weight excluding hydrogens is 1170 g/mol. The molecule has 0 bridgehead atoms. The second kappa shape index (κ2) is 22.8. The third kappa shape index (κ3) is 9.40. The van der Waals surface area contributed by atoms with Crippen LogP contribution in [0.15, 0.2) is 280 Å². The van der Waals surface area contributed by atoms with Crippen molar-refractivity contribution in [3.05, 3.63) is 314 Å². The third-order valence-electron chi connectivity index (χ3n) is 17.4. The zero-order valence-electron chi connectivity index (χ0n) is 49.1. The minimum Gasteiger partial charge on any atom is -0.307 e. The molecule has 0 aliphatic heterocycles. The van der Waals surface area contributed by atoms with Gasteiger partial charge in [-0.25, -0.2) is 22.0 Å². The zero-order chi connectivity index (χ0) is 62.8. The lowest BCUT2D eigenvalue weighted by Crippen LogP contribution is -2.08. The van der Waals surface area contributed by atoms with E-state index in [0.29, 0.717) is 39.1 Å². The van der Waals surface area contributed by atoms with E-state index in [0.717, 1.165) is 99.7 Å². The van der Waals surface area contributed by atoms with Crippen LogP contribution in [0.4, 0.5) is 22.0 Å². The second-order valence-electron chi connectivity index (χ2n) is 22.6. The molecule has 6 heterocycles. The monoisotopic (exact) mass is 1210 g/mol. The number of halogens is 5. The van der Waals surface area contributed by atoms with Gasteiger partial charge in [0.15, 0.2) is 23.3 Å². The van der Waals surface area contributed by atoms with Crippen LogP contribution in [0.25, 0.3) is 156 Å². The normalized spacial score (nSPS) is 11.5. The van der Waals surface area contributed by atoms with Crippen LogP contribution in [0.5, 0.6) is 0 Å². The van der Waals surface area contributed by atoms with Gasteiger partial charge in [-0.05, 0) is 82.9 Å². The lowest BCUT2D eigenvalue weighted by Gasteiger charge is -2.21. The lowest BCUT2D eigenvalue weighted by molar-refractivity contribution is 0.381. The number of rotatable bonds is 11. The van der Waals surface area contributed by atoms with Gasteiger partial charge in [-0.15, -0.1) is 0 Å². The molecule has 0 atom stereocenters. The summed E-state index contributed by atoms with van der Waals surface area (Å²) in [4.78, 5) is 19.6. The summed E-state index contributed by atoms with van der Waals surface area (Å²) in [6, 6.07) is 84.4. The fourth-order valence-corrected chi connectivity index (χ4v) is 13.2. The lowest BCUT2D eigenvalue weighted by atomic mass is 9.96. The molecule has 10 aromatic carbocycles. The molecule has 12 heteroatoms. The van der Waals surface area contributed by atoms with Gasteiger partial charge < -0.3 is 9.13 Å².